The van der Waals surface area contributed by atoms with Gasteiger partial charge in [-0.3, -0.25) is 4.79 Å². The minimum atomic E-state index is 0.0481. The second kappa shape index (κ2) is 9.25. The number of hydrogen-bond acceptors (Lipinski definition) is 3. The van der Waals surface area contributed by atoms with E-state index in [1.807, 2.05) is 0 Å². The predicted molar refractivity (Wildman–Crippen MR) is 78.1 cm³/mol. The molecule has 3 N–H and O–H groups in total. The lowest BCUT2D eigenvalue weighted by Gasteiger charge is -2.07. The number of benzene rings is 1. The van der Waals surface area contributed by atoms with Crippen LogP contribution in [0, 0.1) is 0 Å². The summed E-state index contributed by atoms with van der Waals surface area (Å²) in [6, 6.07) is 7.17. The third-order valence-electron chi connectivity index (χ3n) is 2.83. The molecule has 0 heterocycles. The lowest BCUT2D eigenvalue weighted by molar-refractivity contribution is -0.121. The zero-order valence-electron chi connectivity index (χ0n) is 11.7. The van der Waals surface area contributed by atoms with Crippen LogP contribution in [-0.2, 0) is 4.79 Å². The second-order valence-corrected chi connectivity index (χ2v) is 4.58. The van der Waals surface area contributed by atoms with Crippen molar-refractivity contribution in [3.8, 4) is 5.75 Å². The van der Waals surface area contributed by atoms with Gasteiger partial charge in [0.2, 0.25) is 5.91 Å². The fourth-order valence-electron chi connectivity index (χ4n) is 1.69. The molecule has 1 aromatic carbocycles. The molecule has 0 aromatic heterocycles. The Labute approximate surface area is 115 Å². The SMILES string of the molecule is CCCCCCNC(=O)CCOc1ccc(N)cc1. The van der Waals surface area contributed by atoms with E-state index in [2.05, 4.69) is 12.2 Å². The molecule has 0 aliphatic carbocycles. The number of nitrogen functional groups attached to an aromatic ring is 1. The smallest absolute Gasteiger partial charge is 0.223 e. The number of unbranched alkanes of at least 4 members (excludes halogenated alkanes) is 3. The number of nitrogens with two attached hydrogens (primary N) is 1. The number of anilines is 1. The average molecular weight is 264 g/mol. The van der Waals surface area contributed by atoms with Crippen LogP contribution in [-0.4, -0.2) is 19.1 Å². The third kappa shape index (κ3) is 7.34. The van der Waals surface area contributed by atoms with Gasteiger partial charge in [-0.25, -0.2) is 0 Å². The number of ether oxygens (including phenoxy) is 1. The van der Waals surface area contributed by atoms with Gasteiger partial charge in [0.25, 0.3) is 0 Å². The van der Waals surface area contributed by atoms with Gasteiger partial charge in [-0.2, -0.15) is 0 Å². The zero-order chi connectivity index (χ0) is 13.9. The maximum absolute atomic E-state index is 11.5. The highest BCUT2D eigenvalue weighted by Gasteiger charge is 2.01. The molecule has 0 aliphatic heterocycles. The number of carbonyl (C=O) groups excluding carboxylic acids is 1. The van der Waals surface area contributed by atoms with E-state index in [4.69, 9.17) is 10.5 Å². The highest BCUT2D eigenvalue weighted by atomic mass is 16.5. The molecule has 0 saturated heterocycles. The molecular formula is C15H24N2O2. The molecule has 0 bridgehead atoms. The zero-order valence-corrected chi connectivity index (χ0v) is 11.7. The van der Waals surface area contributed by atoms with E-state index in [1.54, 1.807) is 24.3 Å². The van der Waals surface area contributed by atoms with E-state index in [0.717, 1.165) is 18.7 Å². The van der Waals surface area contributed by atoms with E-state index in [-0.39, 0.29) is 5.91 Å². The maximum atomic E-state index is 11.5. The van der Waals surface area contributed by atoms with Crippen LogP contribution in [0.5, 0.6) is 5.75 Å². The summed E-state index contributed by atoms with van der Waals surface area (Å²) in [5.41, 5.74) is 6.28. The van der Waals surface area contributed by atoms with E-state index in [0.29, 0.717) is 18.7 Å². The largest absolute Gasteiger partial charge is 0.493 e. The van der Waals surface area contributed by atoms with Crippen LogP contribution in [0.2, 0.25) is 0 Å². The summed E-state index contributed by atoms with van der Waals surface area (Å²) in [5, 5.41) is 2.90. The van der Waals surface area contributed by atoms with E-state index < -0.39 is 0 Å². The molecule has 4 nitrogen and oxygen atoms in total. The Kier molecular flexibility index (Phi) is 7.47. The molecule has 106 valence electrons. The molecule has 0 saturated carbocycles. The van der Waals surface area contributed by atoms with Crippen molar-refractivity contribution in [2.75, 3.05) is 18.9 Å². The molecule has 0 unspecified atom stereocenters. The molecule has 0 aliphatic rings. The summed E-state index contributed by atoms with van der Waals surface area (Å²) >= 11 is 0. The Morgan fingerprint density at radius 3 is 2.63 bits per heavy atom. The van der Waals surface area contributed by atoms with Crippen molar-refractivity contribution in [2.24, 2.45) is 0 Å². The van der Waals surface area contributed by atoms with Crippen molar-refractivity contribution in [3.63, 3.8) is 0 Å². The monoisotopic (exact) mass is 264 g/mol. The van der Waals surface area contributed by atoms with Gasteiger partial charge in [0.05, 0.1) is 13.0 Å². The molecule has 0 atom stereocenters. The highest BCUT2D eigenvalue weighted by molar-refractivity contribution is 5.75. The lowest BCUT2D eigenvalue weighted by atomic mass is 10.2. The summed E-state index contributed by atoms with van der Waals surface area (Å²) < 4.78 is 5.46. The Morgan fingerprint density at radius 2 is 1.95 bits per heavy atom. The van der Waals surface area contributed by atoms with Crippen LogP contribution in [0.4, 0.5) is 5.69 Å². The highest BCUT2D eigenvalue weighted by Crippen LogP contribution is 2.13. The van der Waals surface area contributed by atoms with Crippen molar-refractivity contribution < 1.29 is 9.53 Å². The Balaban J connectivity index is 2.05. The molecule has 0 radical (unpaired) electrons. The summed E-state index contributed by atoms with van der Waals surface area (Å²) in [7, 11) is 0. The van der Waals surface area contributed by atoms with Crippen LogP contribution in [0.1, 0.15) is 39.0 Å². The van der Waals surface area contributed by atoms with Gasteiger partial charge < -0.3 is 15.8 Å². The predicted octanol–water partition coefficient (Wildman–Crippen LogP) is 2.73. The van der Waals surface area contributed by atoms with Crippen molar-refractivity contribution in [1.29, 1.82) is 0 Å². The number of hydrogen-bond donors (Lipinski definition) is 2. The van der Waals surface area contributed by atoms with Crippen molar-refractivity contribution in [1.82, 2.24) is 5.32 Å². The molecule has 1 amide bonds. The molecule has 1 aromatic rings. The van der Waals surface area contributed by atoms with Crippen LogP contribution in [0.3, 0.4) is 0 Å². The Morgan fingerprint density at radius 1 is 1.21 bits per heavy atom. The quantitative estimate of drug-likeness (QED) is 0.532. The van der Waals surface area contributed by atoms with E-state index in [9.17, 15) is 4.79 Å². The average Bonchev–Trinajstić information content (AvgIpc) is 2.41. The first-order valence-corrected chi connectivity index (χ1v) is 6.97. The van der Waals surface area contributed by atoms with Crippen molar-refractivity contribution in [2.45, 2.75) is 39.0 Å². The summed E-state index contributed by atoms with van der Waals surface area (Å²) in [6.45, 7) is 3.33. The lowest BCUT2D eigenvalue weighted by Crippen LogP contribution is -2.25. The van der Waals surface area contributed by atoms with Crippen LogP contribution in [0.25, 0.3) is 0 Å². The van der Waals surface area contributed by atoms with Crippen LogP contribution in [0.15, 0.2) is 24.3 Å². The summed E-state index contributed by atoms with van der Waals surface area (Å²) in [6.07, 6.45) is 5.06. The Bertz CT molecular complexity index is 363. The molecule has 4 heteroatoms. The molecule has 1 rings (SSSR count). The number of carbonyl (C=O) groups is 1. The summed E-state index contributed by atoms with van der Waals surface area (Å²) in [5.74, 6) is 0.789. The molecular weight excluding hydrogens is 240 g/mol. The van der Waals surface area contributed by atoms with E-state index in [1.165, 1.54) is 19.3 Å². The first-order chi connectivity index (χ1) is 9.22. The summed E-state index contributed by atoms with van der Waals surface area (Å²) in [4.78, 5) is 11.5. The topological polar surface area (TPSA) is 64.3 Å². The molecule has 19 heavy (non-hydrogen) atoms. The molecule has 0 fully saturated rings. The van der Waals surface area contributed by atoms with Gasteiger partial charge in [-0.05, 0) is 30.7 Å². The van der Waals surface area contributed by atoms with Gasteiger partial charge >= 0.3 is 0 Å². The number of rotatable bonds is 9. The first-order valence-electron chi connectivity index (χ1n) is 6.97. The fourth-order valence-corrected chi connectivity index (χ4v) is 1.69. The van der Waals surface area contributed by atoms with Crippen molar-refractivity contribution in [3.05, 3.63) is 24.3 Å². The van der Waals surface area contributed by atoms with Gasteiger partial charge in [0, 0.05) is 12.2 Å². The second-order valence-electron chi connectivity index (χ2n) is 4.58. The Hall–Kier alpha value is -1.71. The van der Waals surface area contributed by atoms with Crippen molar-refractivity contribution >= 4 is 11.6 Å². The standard InChI is InChI=1S/C15H24N2O2/c1-2-3-4-5-11-17-15(18)10-12-19-14-8-6-13(16)7-9-14/h6-9H,2-5,10-12,16H2,1H3,(H,17,18). The van der Waals surface area contributed by atoms with Gasteiger partial charge in [-0.1, -0.05) is 26.2 Å². The van der Waals surface area contributed by atoms with Gasteiger partial charge in [0.15, 0.2) is 0 Å². The number of amides is 1. The van der Waals surface area contributed by atoms with Crippen LogP contribution < -0.4 is 15.8 Å². The maximum Gasteiger partial charge on any atom is 0.223 e. The third-order valence-corrected chi connectivity index (χ3v) is 2.83. The fraction of sp³-hybridized carbons (Fsp3) is 0.533. The minimum absolute atomic E-state index is 0.0481. The normalized spacial score (nSPS) is 10.2. The van der Waals surface area contributed by atoms with E-state index >= 15 is 0 Å². The van der Waals surface area contributed by atoms with Crippen LogP contribution >= 0.6 is 0 Å². The van der Waals surface area contributed by atoms with Gasteiger partial charge in [0.1, 0.15) is 5.75 Å². The number of nitrogens with one attached hydrogen (secondary N) is 1. The minimum Gasteiger partial charge on any atom is -0.493 e. The first kappa shape index (κ1) is 15.3. The molecule has 0 spiro atoms. The van der Waals surface area contributed by atoms with Gasteiger partial charge in [-0.15, -0.1) is 0 Å².